The van der Waals surface area contributed by atoms with E-state index in [1.54, 1.807) is 12.3 Å². The summed E-state index contributed by atoms with van der Waals surface area (Å²) in [4.78, 5) is 69.1. The SMILES string of the molecule is O=Cn1cc(C[C@H]2NC(=O)[C@H](Cc3ccccc3)NC(=O)[C@H]3CCCN3C(=O)[C@H](Cc3ccccc3)NC2=O)c2ccccc21. The highest BCUT2D eigenvalue weighted by Gasteiger charge is 2.40. The molecule has 2 aliphatic heterocycles. The van der Waals surface area contributed by atoms with Crippen LogP contribution in [0.1, 0.15) is 29.5 Å². The maximum Gasteiger partial charge on any atom is 0.246 e. The molecule has 1 aromatic heterocycles. The van der Waals surface area contributed by atoms with Crippen LogP contribution in [0.15, 0.2) is 91.1 Å². The van der Waals surface area contributed by atoms with Gasteiger partial charge in [0, 0.05) is 37.4 Å². The minimum atomic E-state index is -1.10. The van der Waals surface area contributed by atoms with E-state index in [1.807, 2.05) is 78.9 Å². The van der Waals surface area contributed by atoms with Crippen LogP contribution in [0.5, 0.6) is 0 Å². The van der Waals surface area contributed by atoms with Crippen molar-refractivity contribution in [3.8, 4) is 0 Å². The summed E-state index contributed by atoms with van der Waals surface area (Å²) < 4.78 is 1.44. The Kier molecular flexibility index (Phi) is 8.72. The highest BCUT2D eigenvalue weighted by atomic mass is 16.2. The molecule has 0 radical (unpaired) electrons. The fraction of sp³-hybridized carbons (Fsp3) is 0.286. The van der Waals surface area contributed by atoms with E-state index in [0.717, 1.165) is 16.5 Å². The van der Waals surface area contributed by atoms with Gasteiger partial charge in [0.15, 0.2) is 0 Å². The molecule has 45 heavy (non-hydrogen) atoms. The van der Waals surface area contributed by atoms with Crippen molar-refractivity contribution >= 4 is 40.9 Å². The molecule has 0 unspecified atom stereocenters. The van der Waals surface area contributed by atoms with Crippen molar-refractivity contribution in [1.29, 1.82) is 0 Å². The van der Waals surface area contributed by atoms with Crippen LogP contribution in [-0.4, -0.2) is 70.2 Å². The van der Waals surface area contributed by atoms with Crippen molar-refractivity contribution in [2.45, 2.75) is 56.3 Å². The van der Waals surface area contributed by atoms with E-state index in [-0.39, 0.29) is 25.2 Å². The zero-order chi connectivity index (χ0) is 31.3. The standard InChI is InChI=1S/C35H35N5O5/c41-22-39-21-25(26-14-7-8-15-30(26)39)20-28-33(43)38-29(19-24-12-5-2-6-13-24)35(45)40-17-9-16-31(40)34(44)37-27(32(42)36-28)18-23-10-3-1-4-11-23/h1-8,10-15,21-22,27-29,31H,9,16-20H2,(H,36,42)(H,37,44)(H,38,43)/t27-,28+,29-,31+/m0/s1. The number of amides is 4. The molecule has 3 N–H and O–H groups in total. The number of carbonyl (C=O) groups is 5. The van der Waals surface area contributed by atoms with Gasteiger partial charge in [-0.1, -0.05) is 78.9 Å². The molecule has 230 valence electrons. The summed E-state index contributed by atoms with van der Waals surface area (Å²) in [6.07, 6.45) is 3.92. The highest BCUT2D eigenvalue weighted by Crippen LogP contribution is 2.24. The third kappa shape index (κ3) is 6.50. The van der Waals surface area contributed by atoms with Gasteiger partial charge in [0.1, 0.15) is 24.2 Å². The Morgan fingerprint density at radius 2 is 1.22 bits per heavy atom. The second kappa shape index (κ2) is 13.2. The minimum Gasteiger partial charge on any atom is -0.342 e. The quantitative estimate of drug-likeness (QED) is 0.278. The molecule has 10 nitrogen and oxygen atoms in total. The van der Waals surface area contributed by atoms with Gasteiger partial charge in [-0.05, 0) is 35.6 Å². The number of benzene rings is 3. The zero-order valence-corrected chi connectivity index (χ0v) is 24.7. The molecular formula is C35H35N5O5. The first-order chi connectivity index (χ1) is 21.9. The first kappa shape index (κ1) is 29.8. The van der Waals surface area contributed by atoms with Crippen LogP contribution in [0, 0.1) is 0 Å². The third-order valence-electron chi connectivity index (χ3n) is 8.65. The van der Waals surface area contributed by atoms with Crippen LogP contribution in [0.4, 0.5) is 0 Å². The molecule has 0 bridgehead atoms. The van der Waals surface area contributed by atoms with Gasteiger partial charge in [0.25, 0.3) is 0 Å². The van der Waals surface area contributed by atoms with E-state index in [1.165, 1.54) is 9.47 Å². The fourth-order valence-electron chi connectivity index (χ4n) is 6.38. The molecule has 2 aliphatic rings. The van der Waals surface area contributed by atoms with Gasteiger partial charge >= 0.3 is 0 Å². The topological polar surface area (TPSA) is 130 Å². The molecule has 0 saturated carbocycles. The Bertz CT molecular complexity index is 1720. The van der Waals surface area contributed by atoms with Gasteiger partial charge in [-0.15, -0.1) is 0 Å². The number of carbonyl (C=O) groups excluding carboxylic acids is 5. The Morgan fingerprint density at radius 3 is 1.89 bits per heavy atom. The third-order valence-corrected chi connectivity index (χ3v) is 8.65. The molecule has 2 fully saturated rings. The smallest absolute Gasteiger partial charge is 0.246 e. The van der Waals surface area contributed by atoms with Crippen LogP contribution >= 0.6 is 0 Å². The van der Waals surface area contributed by atoms with Crippen molar-refractivity contribution in [2.75, 3.05) is 6.54 Å². The lowest BCUT2D eigenvalue weighted by Gasteiger charge is -2.32. The van der Waals surface area contributed by atoms with Crippen molar-refractivity contribution < 1.29 is 24.0 Å². The van der Waals surface area contributed by atoms with Crippen LogP contribution in [0.3, 0.4) is 0 Å². The van der Waals surface area contributed by atoms with Gasteiger partial charge in [0.05, 0.1) is 5.52 Å². The molecule has 3 heterocycles. The second-order valence-corrected chi connectivity index (χ2v) is 11.6. The molecule has 4 amide bonds. The maximum absolute atomic E-state index is 14.1. The maximum atomic E-state index is 14.1. The van der Waals surface area contributed by atoms with Gasteiger partial charge < -0.3 is 20.9 Å². The number of fused-ring (bicyclic) bond motifs is 2. The Hall–Kier alpha value is -5.25. The van der Waals surface area contributed by atoms with E-state index in [2.05, 4.69) is 16.0 Å². The van der Waals surface area contributed by atoms with E-state index >= 15 is 0 Å². The fourth-order valence-corrected chi connectivity index (χ4v) is 6.38. The molecule has 10 heteroatoms. The van der Waals surface area contributed by atoms with E-state index in [0.29, 0.717) is 36.9 Å². The summed E-state index contributed by atoms with van der Waals surface area (Å²) >= 11 is 0. The van der Waals surface area contributed by atoms with Gasteiger partial charge in [-0.2, -0.15) is 0 Å². The van der Waals surface area contributed by atoms with Crippen LogP contribution in [0.2, 0.25) is 0 Å². The first-order valence-corrected chi connectivity index (χ1v) is 15.2. The predicted molar refractivity (Wildman–Crippen MR) is 169 cm³/mol. The Labute approximate surface area is 260 Å². The minimum absolute atomic E-state index is 0.0590. The summed E-state index contributed by atoms with van der Waals surface area (Å²) in [6.45, 7) is 0.377. The van der Waals surface area contributed by atoms with Crippen LogP contribution in [0.25, 0.3) is 10.9 Å². The van der Waals surface area contributed by atoms with Gasteiger partial charge in [-0.25, -0.2) is 0 Å². The highest BCUT2D eigenvalue weighted by molar-refractivity contribution is 5.98. The largest absolute Gasteiger partial charge is 0.342 e. The molecule has 0 spiro atoms. The molecule has 3 aromatic carbocycles. The number of hydrogen-bond acceptors (Lipinski definition) is 5. The molecule has 0 aliphatic carbocycles. The van der Waals surface area contributed by atoms with Crippen molar-refractivity contribution in [3.63, 3.8) is 0 Å². The van der Waals surface area contributed by atoms with E-state index < -0.39 is 41.9 Å². The van der Waals surface area contributed by atoms with E-state index in [4.69, 9.17) is 0 Å². The van der Waals surface area contributed by atoms with Gasteiger partial charge in [0.2, 0.25) is 30.0 Å². The normalized spacial score (nSPS) is 22.5. The zero-order valence-electron chi connectivity index (χ0n) is 24.7. The lowest BCUT2D eigenvalue weighted by atomic mass is 9.99. The summed E-state index contributed by atoms with van der Waals surface area (Å²) in [5.41, 5.74) is 3.04. The number of nitrogens with one attached hydrogen (secondary N) is 3. The van der Waals surface area contributed by atoms with Crippen molar-refractivity contribution in [3.05, 3.63) is 108 Å². The molecule has 4 aromatic rings. The first-order valence-electron chi connectivity index (χ1n) is 15.2. The average molecular weight is 606 g/mol. The molecular weight excluding hydrogens is 570 g/mol. The monoisotopic (exact) mass is 605 g/mol. The van der Waals surface area contributed by atoms with Crippen LogP contribution < -0.4 is 16.0 Å². The van der Waals surface area contributed by atoms with E-state index in [9.17, 15) is 24.0 Å². The average Bonchev–Trinajstić information content (AvgIpc) is 3.69. The van der Waals surface area contributed by atoms with Crippen molar-refractivity contribution in [1.82, 2.24) is 25.4 Å². The van der Waals surface area contributed by atoms with Crippen LogP contribution in [-0.2, 0) is 43.2 Å². The summed E-state index contributed by atoms with van der Waals surface area (Å²) in [6, 6.07) is 22.2. The number of rotatable bonds is 7. The molecule has 2 saturated heterocycles. The molecule has 4 atom stereocenters. The number of para-hydroxylation sites is 1. The molecule has 6 rings (SSSR count). The summed E-state index contributed by atoms with van der Waals surface area (Å²) in [7, 11) is 0. The summed E-state index contributed by atoms with van der Waals surface area (Å²) in [5, 5.41) is 9.49. The predicted octanol–water partition coefficient (Wildman–Crippen LogP) is 2.17. The lowest BCUT2D eigenvalue weighted by Crippen LogP contribution is -2.62. The Balaban J connectivity index is 1.38. The second-order valence-electron chi connectivity index (χ2n) is 11.6. The summed E-state index contributed by atoms with van der Waals surface area (Å²) in [5.74, 6) is -1.77. The van der Waals surface area contributed by atoms with Crippen molar-refractivity contribution in [2.24, 2.45) is 0 Å². The number of aromatic nitrogens is 1. The lowest BCUT2D eigenvalue weighted by molar-refractivity contribution is -0.143. The Morgan fingerprint density at radius 1 is 0.667 bits per heavy atom. The van der Waals surface area contributed by atoms with Gasteiger partial charge in [-0.3, -0.25) is 28.5 Å². The number of nitrogens with zero attached hydrogens (tertiary/aromatic N) is 2. The number of hydrogen-bond donors (Lipinski definition) is 3.